The zero-order chi connectivity index (χ0) is 32.0. The monoisotopic (exact) mass is 630 g/mol. The number of anilines is 1. The van der Waals surface area contributed by atoms with Crippen LogP contribution in [0.5, 0.6) is 23.0 Å². The van der Waals surface area contributed by atoms with Crippen molar-refractivity contribution in [1.29, 1.82) is 0 Å². The summed E-state index contributed by atoms with van der Waals surface area (Å²) < 4.78 is 36.3. The van der Waals surface area contributed by atoms with E-state index < -0.39 is 17.8 Å². The van der Waals surface area contributed by atoms with Crippen molar-refractivity contribution in [3.8, 4) is 34.4 Å². The Balaban J connectivity index is 1.36. The average Bonchev–Trinajstić information content (AvgIpc) is 3.55. The largest absolute Gasteiger partial charge is 0.493 e. The number of fused-ring (bicyclic) bond motifs is 1. The van der Waals surface area contributed by atoms with E-state index in [0.717, 1.165) is 32.1 Å². The Bertz CT molecular complexity index is 1690. The number of carbonyl (C=O) groups is 2. The Kier molecular flexibility index (Phi) is 9.27. The highest BCUT2D eigenvalue weighted by Crippen LogP contribution is 2.38. The fourth-order valence-electron chi connectivity index (χ4n) is 5.81. The lowest BCUT2D eigenvalue weighted by molar-refractivity contribution is -0.127. The Labute approximate surface area is 265 Å². The second-order valence-corrected chi connectivity index (χ2v) is 11.1. The van der Waals surface area contributed by atoms with Crippen molar-refractivity contribution >= 4 is 17.5 Å². The topological polar surface area (TPSA) is 130 Å². The fraction of sp³-hybridized carbons (Fsp3) is 0.364. The van der Waals surface area contributed by atoms with E-state index in [2.05, 4.69) is 20.7 Å². The smallest absolute Gasteiger partial charge is 0.251 e. The third-order valence-corrected chi connectivity index (χ3v) is 8.09. The van der Waals surface area contributed by atoms with Crippen LogP contribution in [0.2, 0.25) is 0 Å². The van der Waals surface area contributed by atoms with Gasteiger partial charge in [-0.2, -0.15) is 4.80 Å². The van der Waals surface area contributed by atoms with Gasteiger partial charge in [0.15, 0.2) is 23.0 Å². The number of ether oxygens (including phenoxy) is 4. The van der Waals surface area contributed by atoms with Crippen LogP contribution in [0.15, 0.2) is 60.7 Å². The van der Waals surface area contributed by atoms with E-state index in [0.29, 0.717) is 53.0 Å². The van der Waals surface area contributed by atoms with E-state index >= 15 is 0 Å². The van der Waals surface area contributed by atoms with E-state index in [-0.39, 0.29) is 24.3 Å². The van der Waals surface area contributed by atoms with Gasteiger partial charge in [-0.15, -0.1) is 10.2 Å². The molecule has 4 aromatic rings. The number of tetrazole rings is 1. The molecule has 0 spiro atoms. The predicted molar refractivity (Wildman–Crippen MR) is 165 cm³/mol. The van der Waals surface area contributed by atoms with Gasteiger partial charge in [0.05, 0.1) is 14.2 Å². The molecular weight excluding hydrogens is 595 g/mol. The van der Waals surface area contributed by atoms with Gasteiger partial charge < -0.3 is 24.3 Å². The summed E-state index contributed by atoms with van der Waals surface area (Å²) in [5.41, 5.74) is 1.44. The first-order chi connectivity index (χ1) is 22.4. The maximum Gasteiger partial charge on any atom is 0.251 e. The Morgan fingerprint density at radius 1 is 0.957 bits per heavy atom. The molecule has 1 aromatic heterocycles. The number of nitrogens with zero attached hydrogens (tertiary/aromatic N) is 5. The van der Waals surface area contributed by atoms with Crippen molar-refractivity contribution in [2.24, 2.45) is 0 Å². The fourth-order valence-corrected chi connectivity index (χ4v) is 5.81. The van der Waals surface area contributed by atoms with Crippen LogP contribution >= 0.6 is 0 Å². The molecule has 1 aliphatic heterocycles. The molecule has 3 aromatic carbocycles. The van der Waals surface area contributed by atoms with E-state index in [1.807, 2.05) is 0 Å². The maximum atomic E-state index is 14.3. The van der Waals surface area contributed by atoms with Gasteiger partial charge >= 0.3 is 0 Å². The van der Waals surface area contributed by atoms with Crippen molar-refractivity contribution in [3.63, 3.8) is 0 Å². The number of benzene rings is 3. The molecule has 12 nitrogen and oxygen atoms in total. The van der Waals surface area contributed by atoms with Crippen LogP contribution in [0.25, 0.3) is 11.4 Å². The van der Waals surface area contributed by atoms with Crippen LogP contribution < -0.4 is 29.2 Å². The average molecular weight is 631 g/mol. The number of halogens is 1. The predicted octanol–water partition coefficient (Wildman–Crippen LogP) is 4.49. The van der Waals surface area contributed by atoms with Crippen molar-refractivity contribution in [3.05, 3.63) is 72.0 Å². The van der Waals surface area contributed by atoms with Gasteiger partial charge in [0.25, 0.3) is 5.91 Å². The number of hydrogen-bond donors (Lipinski definition) is 1. The summed E-state index contributed by atoms with van der Waals surface area (Å²) in [6.45, 7) is 0.399. The van der Waals surface area contributed by atoms with Crippen LogP contribution in [0.3, 0.4) is 0 Å². The number of carbonyl (C=O) groups excluding carboxylic acids is 2. The summed E-state index contributed by atoms with van der Waals surface area (Å²) in [6.07, 6.45) is 4.84. The van der Waals surface area contributed by atoms with Crippen LogP contribution in [0.1, 0.15) is 43.7 Å². The molecule has 13 heteroatoms. The van der Waals surface area contributed by atoms with E-state index in [1.54, 1.807) is 43.5 Å². The quantitative estimate of drug-likeness (QED) is 0.269. The summed E-state index contributed by atoms with van der Waals surface area (Å²) >= 11 is 0. The number of nitrogens with one attached hydrogen (secondary N) is 1. The standard InChI is InChI=1S/C33H35FN6O6/c1-43-26-14-10-22(18-28(26)44-2)32-36-38-39(37-32)20-30(41)40(25-13-15-27-29(19-25)46-17-16-45-27)31(21-8-11-23(34)12-9-21)33(42)35-24-6-4-3-5-7-24/h8-15,18-19,24,31H,3-7,16-17,20H2,1-2H3,(H,35,42). The molecule has 6 rings (SSSR count). The van der Waals surface area contributed by atoms with Gasteiger partial charge in [0.2, 0.25) is 11.7 Å². The second-order valence-electron chi connectivity index (χ2n) is 11.1. The zero-order valence-corrected chi connectivity index (χ0v) is 25.6. The molecule has 0 saturated heterocycles. The Morgan fingerprint density at radius 3 is 2.43 bits per heavy atom. The van der Waals surface area contributed by atoms with Crippen LogP contribution in [-0.4, -0.2) is 65.5 Å². The van der Waals surface area contributed by atoms with Gasteiger partial charge in [-0.25, -0.2) is 4.39 Å². The first-order valence-corrected chi connectivity index (χ1v) is 15.2. The normalized spacial score (nSPS) is 15.1. The molecule has 2 heterocycles. The van der Waals surface area contributed by atoms with Gasteiger partial charge in [0, 0.05) is 23.4 Å². The van der Waals surface area contributed by atoms with Crippen LogP contribution in [0.4, 0.5) is 10.1 Å². The Morgan fingerprint density at radius 2 is 1.70 bits per heavy atom. The maximum absolute atomic E-state index is 14.3. The minimum absolute atomic E-state index is 0.0255. The molecule has 1 atom stereocenters. The molecule has 240 valence electrons. The SMILES string of the molecule is COc1ccc(-c2nnn(CC(=O)N(c3ccc4c(c3)OCCO4)C(C(=O)NC3CCCCC3)c3ccc(F)cc3)n2)cc1OC. The zero-order valence-electron chi connectivity index (χ0n) is 25.6. The molecule has 2 amide bonds. The van der Waals surface area contributed by atoms with Gasteiger partial charge in [-0.3, -0.25) is 14.5 Å². The molecule has 1 N–H and O–H groups in total. The lowest BCUT2D eigenvalue weighted by Gasteiger charge is -2.34. The molecule has 1 saturated carbocycles. The first kappa shape index (κ1) is 30.8. The van der Waals surface area contributed by atoms with Gasteiger partial charge in [0.1, 0.15) is 31.6 Å². The molecule has 1 fully saturated rings. The third kappa shape index (κ3) is 6.72. The van der Waals surface area contributed by atoms with Crippen molar-refractivity contribution < 1.29 is 32.9 Å². The molecule has 2 aliphatic rings. The molecule has 0 bridgehead atoms. The third-order valence-electron chi connectivity index (χ3n) is 8.09. The summed E-state index contributed by atoms with van der Waals surface area (Å²) in [6, 6.07) is 14.7. The molecule has 1 aliphatic carbocycles. The summed E-state index contributed by atoms with van der Waals surface area (Å²) in [4.78, 5) is 31.0. The van der Waals surface area contributed by atoms with Gasteiger partial charge in [-0.05, 0) is 66.1 Å². The highest BCUT2D eigenvalue weighted by molar-refractivity contribution is 6.01. The number of rotatable bonds is 10. The lowest BCUT2D eigenvalue weighted by Crippen LogP contribution is -2.48. The Hall–Kier alpha value is -5.20. The lowest BCUT2D eigenvalue weighted by atomic mass is 9.94. The van der Waals surface area contributed by atoms with Crippen molar-refractivity contribution in [2.75, 3.05) is 32.3 Å². The van der Waals surface area contributed by atoms with E-state index in [1.165, 1.54) is 41.1 Å². The molecule has 0 radical (unpaired) electrons. The number of aromatic nitrogens is 4. The summed E-state index contributed by atoms with van der Waals surface area (Å²) in [5, 5.41) is 15.9. The second kappa shape index (κ2) is 13.8. The number of hydrogen-bond acceptors (Lipinski definition) is 9. The molecule has 46 heavy (non-hydrogen) atoms. The van der Waals surface area contributed by atoms with Crippen LogP contribution in [-0.2, 0) is 16.1 Å². The minimum atomic E-state index is -1.13. The van der Waals surface area contributed by atoms with E-state index in [9.17, 15) is 14.0 Å². The highest BCUT2D eigenvalue weighted by Gasteiger charge is 2.35. The highest BCUT2D eigenvalue weighted by atomic mass is 19.1. The molecular formula is C33H35FN6O6. The number of methoxy groups -OCH3 is 2. The van der Waals surface area contributed by atoms with Crippen molar-refractivity contribution in [2.45, 2.75) is 50.7 Å². The van der Waals surface area contributed by atoms with E-state index in [4.69, 9.17) is 18.9 Å². The van der Waals surface area contributed by atoms with Crippen molar-refractivity contribution in [1.82, 2.24) is 25.5 Å². The minimum Gasteiger partial charge on any atom is -0.493 e. The summed E-state index contributed by atoms with van der Waals surface area (Å²) in [5.74, 6) is 0.948. The summed E-state index contributed by atoms with van der Waals surface area (Å²) in [7, 11) is 3.07. The molecule has 1 unspecified atom stereocenters. The first-order valence-electron chi connectivity index (χ1n) is 15.2. The van der Waals surface area contributed by atoms with Crippen LogP contribution in [0, 0.1) is 5.82 Å². The number of amides is 2. The van der Waals surface area contributed by atoms with Gasteiger partial charge in [-0.1, -0.05) is 31.4 Å².